The molecule has 2 aliphatic carbocycles. The summed E-state index contributed by atoms with van der Waals surface area (Å²) in [5.41, 5.74) is 1.48. The highest BCUT2D eigenvalue weighted by Crippen LogP contribution is 2.34. The first kappa shape index (κ1) is 20.6. The number of ketones is 1. The van der Waals surface area contributed by atoms with Gasteiger partial charge in [0.25, 0.3) is 0 Å². The summed E-state index contributed by atoms with van der Waals surface area (Å²) in [6.45, 7) is 2.32. The van der Waals surface area contributed by atoms with Crippen molar-refractivity contribution in [1.29, 1.82) is 0 Å². The van der Waals surface area contributed by atoms with E-state index in [0.717, 1.165) is 58.0 Å². The van der Waals surface area contributed by atoms with Gasteiger partial charge in [-0.15, -0.1) is 0 Å². The molecule has 0 aromatic heterocycles. The Hall–Kier alpha value is -1.65. The van der Waals surface area contributed by atoms with Crippen molar-refractivity contribution >= 4 is 17.6 Å². The third kappa shape index (κ3) is 4.75. The fourth-order valence-electron chi connectivity index (χ4n) is 5.96. The summed E-state index contributed by atoms with van der Waals surface area (Å²) in [5, 5.41) is 0. The molecule has 2 saturated heterocycles. The minimum Gasteiger partial charge on any atom is -0.339 e. The van der Waals surface area contributed by atoms with Crippen LogP contribution in [0.5, 0.6) is 0 Å². The van der Waals surface area contributed by atoms with Crippen LogP contribution in [0, 0.1) is 11.8 Å². The summed E-state index contributed by atoms with van der Waals surface area (Å²) in [6.07, 6.45) is 14.5. The molecule has 2 heterocycles. The number of carbonyl (C=O) groups is 3. The molecule has 4 aliphatic rings. The topological polar surface area (TPSA) is 57.7 Å². The van der Waals surface area contributed by atoms with Crippen molar-refractivity contribution in [3.63, 3.8) is 0 Å². The highest BCUT2D eigenvalue weighted by molar-refractivity contribution is 5.86. The zero-order chi connectivity index (χ0) is 20.2. The number of allylic oxidation sites excluding steroid dienone is 1. The lowest BCUT2D eigenvalue weighted by molar-refractivity contribution is -0.143. The van der Waals surface area contributed by atoms with Crippen molar-refractivity contribution in [2.75, 3.05) is 19.6 Å². The van der Waals surface area contributed by atoms with E-state index in [2.05, 4.69) is 6.08 Å². The van der Waals surface area contributed by atoms with E-state index in [1.54, 1.807) is 0 Å². The molecule has 3 unspecified atom stereocenters. The van der Waals surface area contributed by atoms with Gasteiger partial charge >= 0.3 is 0 Å². The summed E-state index contributed by atoms with van der Waals surface area (Å²) in [4.78, 5) is 41.6. The summed E-state index contributed by atoms with van der Waals surface area (Å²) in [5.74, 6) is 1.60. The Morgan fingerprint density at radius 3 is 2.59 bits per heavy atom. The molecule has 0 spiro atoms. The van der Waals surface area contributed by atoms with Crippen LogP contribution in [-0.2, 0) is 14.4 Å². The second kappa shape index (κ2) is 9.44. The maximum atomic E-state index is 12.8. The molecule has 0 radical (unpaired) electrons. The normalized spacial score (nSPS) is 29.7. The van der Waals surface area contributed by atoms with Gasteiger partial charge in [0.05, 0.1) is 0 Å². The monoisotopic (exact) mass is 400 g/mol. The predicted molar refractivity (Wildman–Crippen MR) is 112 cm³/mol. The minimum atomic E-state index is 0.0834. The van der Waals surface area contributed by atoms with Gasteiger partial charge in [-0.2, -0.15) is 0 Å². The van der Waals surface area contributed by atoms with Crippen molar-refractivity contribution in [2.45, 2.75) is 89.5 Å². The fourth-order valence-corrected chi connectivity index (χ4v) is 5.96. The lowest BCUT2D eigenvalue weighted by Crippen LogP contribution is -2.53. The molecule has 1 saturated carbocycles. The molecule has 0 aromatic carbocycles. The summed E-state index contributed by atoms with van der Waals surface area (Å²) < 4.78 is 0. The van der Waals surface area contributed by atoms with Crippen molar-refractivity contribution in [3.8, 4) is 0 Å². The number of carbonyl (C=O) groups excluding carboxylic acids is 3. The van der Waals surface area contributed by atoms with Gasteiger partial charge in [0, 0.05) is 50.9 Å². The number of piperidine rings is 2. The van der Waals surface area contributed by atoms with E-state index in [1.807, 2.05) is 9.80 Å². The number of unbranched alkanes of at least 4 members (excludes halogenated alkanes) is 1. The Morgan fingerprint density at radius 1 is 0.931 bits per heavy atom. The summed E-state index contributed by atoms with van der Waals surface area (Å²) in [6, 6.07) is 0.143. The summed E-state index contributed by atoms with van der Waals surface area (Å²) >= 11 is 0. The average molecular weight is 401 g/mol. The predicted octanol–water partition coefficient (Wildman–Crippen LogP) is 3.87. The van der Waals surface area contributed by atoms with E-state index in [4.69, 9.17) is 0 Å². The Labute approximate surface area is 174 Å². The molecule has 29 heavy (non-hydrogen) atoms. The Bertz CT molecular complexity index is 671. The molecule has 0 aromatic rings. The van der Waals surface area contributed by atoms with Gasteiger partial charge in [-0.3, -0.25) is 14.4 Å². The third-order valence-corrected chi connectivity index (χ3v) is 7.66. The molecular formula is C24H36N2O3. The fraction of sp³-hybridized carbons (Fsp3) is 0.792. The van der Waals surface area contributed by atoms with Gasteiger partial charge in [0.15, 0.2) is 0 Å². The average Bonchev–Trinajstić information content (AvgIpc) is 2.76. The van der Waals surface area contributed by atoms with E-state index in [-0.39, 0.29) is 23.8 Å². The van der Waals surface area contributed by atoms with Gasteiger partial charge in [-0.05, 0) is 57.3 Å². The van der Waals surface area contributed by atoms with Crippen LogP contribution in [0.4, 0.5) is 0 Å². The van der Waals surface area contributed by atoms with Crippen LogP contribution >= 0.6 is 0 Å². The molecule has 3 fully saturated rings. The number of hydrogen-bond donors (Lipinski definition) is 0. The van der Waals surface area contributed by atoms with E-state index < -0.39 is 0 Å². The molecule has 2 aliphatic heterocycles. The number of nitrogens with zero attached hydrogens (tertiary/aromatic N) is 2. The number of rotatable bonds is 5. The van der Waals surface area contributed by atoms with Crippen LogP contribution in [0.15, 0.2) is 11.6 Å². The zero-order valence-electron chi connectivity index (χ0n) is 17.7. The van der Waals surface area contributed by atoms with Crippen LogP contribution in [0.1, 0.15) is 83.5 Å². The van der Waals surface area contributed by atoms with Crippen LogP contribution < -0.4 is 0 Å². The molecule has 0 N–H and O–H groups in total. The Morgan fingerprint density at radius 2 is 1.72 bits per heavy atom. The van der Waals surface area contributed by atoms with Gasteiger partial charge in [-0.25, -0.2) is 0 Å². The maximum Gasteiger partial charge on any atom is 0.222 e. The summed E-state index contributed by atoms with van der Waals surface area (Å²) in [7, 11) is 0. The highest BCUT2D eigenvalue weighted by Gasteiger charge is 2.40. The highest BCUT2D eigenvalue weighted by atomic mass is 16.2. The number of fused-ring (bicyclic) bond motifs is 2. The number of likely N-dealkylation sites (tertiary alicyclic amines) is 2. The molecular weight excluding hydrogens is 364 g/mol. The quantitative estimate of drug-likeness (QED) is 0.520. The van der Waals surface area contributed by atoms with Crippen molar-refractivity contribution in [2.24, 2.45) is 11.8 Å². The van der Waals surface area contributed by atoms with Gasteiger partial charge in [0.2, 0.25) is 11.8 Å². The molecule has 5 nitrogen and oxygen atoms in total. The SMILES string of the molecule is O=C1CCN(C(=O)CCCCC(=O)N2CCC3CCCC=C3C2)C2CCCCC12. The van der Waals surface area contributed by atoms with Gasteiger partial charge in [-0.1, -0.05) is 24.5 Å². The van der Waals surface area contributed by atoms with Gasteiger partial charge in [0.1, 0.15) is 5.78 Å². The number of Topliss-reactive ketones (excluding diaryl/α,β-unsaturated/α-hetero) is 1. The molecule has 4 rings (SSSR count). The molecule has 5 heteroatoms. The van der Waals surface area contributed by atoms with E-state index in [0.29, 0.717) is 37.5 Å². The minimum absolute atomic E-state index is 0.0834. The van der Waals surface area contributed by atoms with Crippen molar-refractivity contribution < 1.29 is 14.4 Å². The smallest absolute Gasteiger partial charge is 0.222 e. The largest absolute Gasteiger partial charge is 0.339 e. The third-order valence-electron chi connectivity index (χ3n) is 7.66. The Kier molecular flexibility index (Phi) is 6.71. The molecule has 2 amide bonds. The number of hydrogen-bond acceptors (Lipinski definition) is 3. The first-order valence-corrected chi connectivity index (χ1v) is 11.9. The standard InChI is InChI=1S/C24H36N2O3/c27-22-14-16-26(21-10-4-3-9-20(21)22)24(29)12-6-5-11-23(28)25-15-13-18-7-1-2-8-19(18)17-25/h8,18,20-21H,1-7,9-17H2. The Balaban J connectivity index is 1.19. The van der Waals surface area contributed by atoms with Crippen LogP contribution in [0.3, 0.4) is 0 Å². The first-order chi connectivity index (χ1) is 14.1. The lowest BCUT2D eigenvalue weighted by Gasteiger charge is -2.43. The van der Waals surface area contributed by atoms with Gasteiger partial charge < -0.3 is 9.80 Å². The van der Waals surface area contributed by atoms with Crippen molar-refractivity contribution in [3.05, 3.63) is 11.6 Å². The van der Waals surface area contributed by atoms with E-state index in [1.165, 1.54) is 24.8 Å². The number of amides is 2. The van der Waals surface area contributed by atoms with Crippen LogP contribution in [-0.4, -0.2) is 53.1 Å². The molecule has 160 valence electrons. The second-order valence-corrected chi connectivity index (χ2v) is 9.48. The molecule has 0 bridgehead atoms. The zero-order valence-corrected chi connectivity index (χ0v) is 17.7. The van der Waals surface area contributed by atoms with Crippen LogP contribution in [0.2, 0.25) is 0 Å². The van der Waals surface area contributed by atoms with Crippen LogP contribution in [0.25, 0.3) is 0 Å². The van der Waals surface area contributed by atoms with E-state index >= 15 is 0 Å². The first-order valence-electron chi connectivity index (χ1n) is 11.9. The second-order valence-electron chi connectivity index (χ2n) is 9.48. The molecule has 3 atom stereocenters. The maximum absolute atomic E-state index is 12.8. The van der Waals surface area contributed by atoms with E-state index in [9.17, 15) is 14.4 Å². The van der Waals surface area contributed by atoms with Crippen molar-refractivity contribution in [1.82, 2.24) is 9.80 Å². The lowest BCUT2D eigenvalue weighted by atomic mass is 9.77.